The minimum atomic E-state index is -3.69. The van der Waals surface area contributed by atoms with Gasteiger partial charge in [0.2, 0.25) is 15.8 Å². The Morgan fingerprint density at radius 3 is 2.55 bits per heavy atom. The van der Waals surface area contributed by atoms with E-state index in [1.54, 1.807) is 0 Å². The van der Waals surface area contributed by atoms with E-state index in [4.69, 9.17) is 9.52 Å². The van der Waals surface area contributed by atoms with Crippen LogP contribution in [0.3, 0.4) is 0 Å². The molecule has 0 saturated heterocycles. The molecule has 0 aliphatic heterocycles. The fourth-order valence-corrected chi connectivity index (χ4v) is 4.05. The Morgan fingerprint density at radius 2 is 2.05 bits per heavy atom. The summed E-state index contributed by atoms with van der Waals surface area (Å²) >= 11 is 0. The Hall–Kier alpha value is -1.34. The first kappa shape index (κ1) is 15.1. The molecule has 1 saturated carbocycles. The van der Waals surface area contributed by atoms with Gasteiger partial charge in [0, 0.05) is 19.7 Å². The van der Waals surface area contributed by atoms with Crippen LogP contribution in [-0.4, -0.2) is 37.4 Å². The number of sulfonamides is 1. The molecule has 1 heterocycles. The average molecular weight is 301 g/mol. The summed E-state index contributed by atoms with van der Waals surface area (Å²) in [6.07, 6.45) is 4.38. The standard InChI is InChI=1S/C13H19NO5S/c1-9-12(7-11(19-9)13(15)16)20(17,18)14(2)8-10-5-3-4-6-10/h7,10H,3-6,8H2,1-2H3,(H,15,16). The van der Waals surface area contributed by atoms with Crippen molar-refractivity contribution in [3.8, 4) is 0 Å². The quantitative estimate of drug-likeness (QED) is 0.899. The molecule has 1 N–H and O–H groups in total. The van der Waals surface area contributed by atoms with Crippen molar-refractivity contribution in [3.05, 3.63) is 17.6 Å². The van der Waals surface area contributed by atoms with E-state index >= 15 is 0 Å². The summed E-state index contributed by atoms with van der Waals surface area (Å²) in [4.78, 5) is 10.8. The van der Waals surface area contributed by atoms with Gasteiger partial charge in [0.15, 0.2) is 0 Å². The lowest BCUT2D eigenvalue weighted by molar-refractivity contribution is 0.0661. The fraction of sp³-hybridized carbons (Fsp3) is 0.615. The predicted molar refractivity (Wildman–Crippen MR) is 72.2 cm³/mol. The van der Waals surface area contributed by atoms with Crippen molar-refractivity contribution in [1.82, 2.24) is 4.31 Å². The van der Waals surface area contributed by atoms with Gasteiger partial charge in [-0.1, -0.05) is 12.8 Å². The van der Waals surface area contributed by atoms with E-state index in [0.717, 1.165) is 31.7 Å². The summed E-state index contributed by atoms with van der Waals surface area (Å²) < 4.78 is 31.2. The van der Waals surface area contributed by atoms with Crippen molar-refractivity contribution in [3.63, 3.8) is 0 Å². The Labute approximate surface area is 118 Å². The normalized spacial score (nSPS) is 16.9. The smallest absolute Gasteiger partial charge is 0.371 e. The Kier molecular flexibility index (Phi) is 4.19. The molecule has 2 rings (SSSR count). The van der Waals surface area contributed by atoms with Crippen molar-refractivity contribution in [2.75, 3.05) is 13.6 Å². The monoisotopic (exact) mass is 301 g/mol. The van der Waals surface area contributed by atoms with Crippen molar-refractivity contribution in [2.24, 2.45) is 5.92 Å². The molecule has 20 heavy (non-hydrogen) atoms. The second-order valence-corrected chi connectivity index (χ2v) is 7.29. The average Bonchev–Trinajstić information content (AvgIpc) is 2.98. The van der Waals surface area contributed by atoms with Crippen LogP contribution in [0.2, 0.25) is 0 Å². The second kappa shape index (κ2) is 5.57. The maximum Gasteiger partial charge on any atom is 0.371 e. The van der Waals surface area contributed by atoms with Gasteiger partial charge in [0.1, 0.15) is 10.7 Å². The van der Waals surface area contributed by atoms with Crippen LogP contribution in [0.1, 0.15) is 42.0 Å². The van der Waals surface area contributed by atoms with Crippen LogP contribution in [0.4, 0.5) is 0 Å². The largest absolute Gasteiger partial charge is 0.475 e. The molecule has 1 aromatic heterocycles. The number of hydrogen-bond donors (Lipinski definition) is 1. The lowest BCUT2D eigenvalue weighted by Crippen LogP contribution is -2.31. The van der Waals surface area contributed by atoms with E-state index in [-0.39, 0.29) is 16.4 Å². The van der Waals surface area contributed by atoms with E-state index in [1.807, 2.05) is 0 Å². The molecule has 1 aliphatic rings. The molecule has 0 atom stereocenters. The maximum atomic E-state index is 12.4. The molecular formula is C13H19NO5S. The zero-order valence-corrected chi connectivity index (χ0v) is 12.4. The topological polar surface area (TPSA) is 87.8 Å². The highest BCUT2D eigenvalue weighted by Gasteiger charge is 2.29. The number of hydrogen-bond acceptors (Lipinski definition) is 4. The summed E-state index contributed by atoms with van der Waals surface area (Å²) in [6, 6.07) is 1.08. The van der Waals surface area contributed by atoms with Crippen LogP contribution in [0, 0.1) is 12.8 Å². The predicted octanol–water partition coefficient (Wildman–Crippen LogP) is 2.10. The molecule has 1 aliphatic carbocycles. The lowest BCUT2D eigenvalue weighted by atomic mass is 10.1. The van der Waals surface area contributed by atoms with Gasteiger partial charge >= 0.3 is 5.97 Å². The first-order valence-electron chi connectivity index (χ1n) is 6.62. The number of aryl methyl sites for hydroxylation is 1. The SMILES string of the molecule is Cc1oc(C(=O)O)cc1S(=O)(=O)N(C)CC1CCCC1. The van der Waals surface area contributed by atoms with Gasteiger partial charge in [0.25, 0.3) is 0 Å². The Balaban J connectivity index is 2.22. The minimum Gasteiger partial charge on any atom is -0.475 e. The molecule has 1 aromatic rings. The first-order valence-corrected chi connectivity index (χ1v) is 8.06. The number of nitrogens with zero attached hydrogens (tertiary/aromatic N) is 1. The zero-order chi connectivity index (χ0) is 14.9. The lowest BCUT2D eigenvalue weighted by Gasteiger charge is -2.20. The van der Waals surface area contributed by atoms with Crippen LogP contribution in [0.25, 0.3) is 0 Å². The van der Waals surface area contributed by atoms with Crippen LogP contribution in [0.5, 0.6) is 0 Å². The third-order valence-electron chi connectivity index (χ3n) is 3.76. The van der Waals surface area contributed by atoms with Crippen LogP contribution in [-0.2, 0) is 10.0 Å². The van der Waals surface area contributed by atoms with Crippen LogP contribution in [0.15, 0.2) is 15.4 Å². The van der Waals surface area contributed by atoms with E-state index in [9.17, 15) is 13.2 Å². The molecule has 0 radical (unpaired) electrons. The highest BCUT2D eigenvalue weighted by molar-refractivity contribution is 7.89. The van der Waals surface area contributed by atoms with Crippen LogP contribution < -0.4 is 0 Å². The van der Waals surface area contributed by atoms with Crippen LogP contribution >= 0.6 is 0 Å². The van der Waals surface area contributed by atoms with E-state index in [1.165, 1.54) is 18.3 Å². The minimum absolute atomic E-state index is 0.0598. The summed E-state index contributed by atoms with van der Waals surface area (Å²) in [6.45, 7) is 1.93. The van der Waals surface area contributed by atoms with Gasteiger partial charge in [-0.15, -0.1) is 0 Å². The van der Waals surface area contributed by atoms with Gasteiger partial charge in [-0.3, -0.25) is 0 Å². The number of rotatable bonds is 5. The Morgan fingerprint density at radius 1 is 1.45 bits per heavy atom. The first-order chi connectivity index (χ1) is 9.32. The number of carboxylic acid groups (broad SMARTS) is 1. The van der Waals surface area contributed by atoms with Gasteiger partial charge in [-0.05, 0) is 25.7 Å². The molecule has 1 fully saturated rings. The van der Waals surface area contributed by atoms with Gasteiger partial charge in [-0.2, -0.15) is 0 Å². The molecule has 0 bridgehead atoms. The third kappa shape index (κ3) is 2.88. The highest BCUT2D eigenvalue weighted by atomic mass is 32.2. The molecule has 0 unspecified atom stereocenters. The summed E-state index contributed by atoms with van der Waals surface area (Å²) in [5.41, 5.74) is 0. The number of carbonyl (C=O) groups is 1. The van der Waals surface area contributed by atoms with Crippen molar-refractivity contribution in [2.45, 2.75) is 37.5 Å². The van der Waals surface area contributed by atoms with Gasteiger partial charge in [-0.25, -0.2) is 17.5 Å². The molecule has 7 heteroatoms. The molecular weight excluding hydrogens is 282 g/mol. The molecule has 6 nitrogen and oxygen atoms in total. The van der Waals surface area contributed by atoms with Gasteiger partial charge < -0.3 is 9.52 Å². The van der Waals surface area contributed by atoms with Crippen molar-refractivity contribution < 1.29 is 22.7 Å². The second-order valence-electron chi connectivity index (χ2n) is 5.27. The number of carboxylic acids is 1. The highest BCUT2D eigenvalue weighted by Crippen LogP contribution is 2.28. The summed E-state index contributed by atoms with van der Waals surface area (Å²) in [5, 5.41) is 8.85. The fourth-order valence-electron chi connectivity index (χ4n) is 2.65. The van der Waals surface area contributed by atoms with Gasteiger partial charge in [0.05, 0.1) is 0 Å². The molecule has 0 aromatic carbocycles. The van der Waals surface area contributed by atoms with E-state index in [0.29, 0.717) is 12.5 Å². The number of furan rings is 1. The third-order valence-corrected chi connectivity index (χ3v) is 5.69. The summed E-state index contributed by atoms with van der Waals surface area (Å²) in [7, 11) is -2.17. The van der Waals surface area contributed by atoms with E-state index < -0.39 is 16.0 Å². The van der Waals surface area contributed by atoms with Crippen molar-refractivity contribution >= 4 is 16.0 Å². The Bertz CT molecular complexity index is 598. The molecule has 112 valence electrons. The maximum absolute atomic E-state index is 12.4. The van der Waals surface area contributed by atoms with E-state index in [2.05, 4.69) is 0 Å². The molecule has 0 spiro atoms. The molecule has 0 amide bonds. The zero-order valence-electron chi connectivity index (χ0n) is 11.6. The number of aromatic carboxylic acids is 1. The summed E-state index contributed by atoms with van der Waals surface area (Å²) in [5.74, 6) is -1.12. The van der Waals surface area contributed by atoms with Crippen molar-refractivity contribution in [1.29, 1.82) is 0 Å².